The van der Waals surface area contributed by atoms with Crippen LogP contribution in [0, 0.1) is 6.92 Å². The highest BCUT2D eigenvalue weighted by Gasteiger charge is 2.15. The Morgan fingerprint density at radius 2 is 1.74 bits per heavy atom. The molecule has 1 aromatic carbocycles. The number of aliphatic hydroxyl groups is 1. The molecule has 0 saturated heterocycles. The Labute approximate surface area is 140 Å². The van der Waals surface area contributed by atoms with Crippen LogP contribution in [0.4, 0.5) is 0 Å². The van der Waals surface area contributed by atoms with Crippen LogP contribution in [0.15, 0.2) is 18.2 Å². The molecule has 1 aromatic rings. The lowest BCUT2D eigenvalue weighted by Gasteiger charge is -2.24. The standard InChI is InChI=1S/C18H31NO4/c1-5-23-18-7-6-15(2)14-16(18)17(20)8-9-19(10-12-21-3)11-13-22-4/h6-7,14,17,20H,5,8-13H2,1-4H3. The zero-order valence-corrected chi connectivity index (χ0v) is 14.9. The molecule has 0 aromatic heterocycles. The van der Waals surface area contributed by atoms with Gasteiger partial charge in [0.1, 0.15) is 5.75 Å². The SMILES string of the molecule is CCOc1ccc(C)cc1C(O)CCN(CCOC)CCOC. The van der Waals surface area contributed by atoms with Crippen molar-refractivity contribution in [3.8, 4) is 5.75 Å². The first kappa shape index (κ1) is 19.9. The van der Waals surface area contributed by atoms with Crippen molar-refractivity contribution in [3.63, 3.8) is 0 Å². The van der Waals surface area contributed by atoms with E-state index in [9.17, 15) is 5.11 Å². The van der Waals surface area contributed by atoms with Crippen LogP contribution < -0.4 is 4.74 Å². The molecule has 0 spiro atoms. The van der Waals surface area contributed by atoms with Crippen LogP contribution in [-0.2, 0) is 9.47 Å². The van der Waals surface area contributed by atoms with Crippen molar-refractivity contribution >= 4 is 0 Å². The summed E-state index contributed by atoms with van der Waals surface area (Å²) in [5, 5.41) is 10.6. The minimum Gasteiger partial charge on any atom is -0.493 e. The second kappa shape index (κ2) is 11.4. The van der Waals surface area contributed by atoms with Crippen LogP contribution in [0.1, 0.15) is 30.6 Å². The molecule has 0 fully saturated rings. The van der Waals surface area contributed by atoms with Crippen LogP contribution in [0.2, 0.25) is 0 Å². The number of rotatable bonds is 12. The van der Waals surface area contributed by atoms with Gasteiger partial charge in [-0.3, -0.25) is 4.90 Å². The molecule has 5 heteroatoms. The highest BCUT2D eigenvalue weighted by Crippen LogP contribution is 2.28. The van der Waals surface area contributed by atoms with Gasteiger partial charge in [-0.2, -0.15) is 0 Å². The van der Waals surface area contributed by atoms with E-state index in [0.29, 0.717) is 26.2 Å². The number of ether oxygens (including phenoxy) is 3. The Morgan fingerprint density at radius 1 is 1.09 bits per heavy atom. The number of methoxy groups -OCH3 is 2. The second-order valence-electron chi connectivity index (χ2n) is 5.61. The van der Waals surface area contributed by atoms with Crippen molar-refractivity contribution in [2.45, 2.75) is 26.4 Å². The maximum atomic E-state index is 10.6. The molecule has 1 rings (SSSR count). The van der Waals surface area contributed by atoms with Gasteiger partial charge in [-0.15, -0.1) is 0 Å². The zero-order valence-electron chi connectivity index (χ0n) is 14.9. The number of aliphatic hydroxyl groups excluding tert-OH is 1. The molecular formula is C18H31NO4. The minimum absolute atomic E-state index is 0.538. The summed E-state index contributed by atoms with van der Waals surface area (Å²) in [6, 6.07) is 5.94. The second-order valence-corrected chi connectivity index (χ2v) is 5.61. The monoisotopic (exact) mass is 325 g/mol. The molecule has 132 valence electrons. The molecule has 0 bridgehead atoms. The average Bonchev–Trinajstić information content (AvgIpc) is 2.55. The van der Waals surface area contributed by atoms with Gasteiger partial charge in [-0.25, -0.2) is 0 Å². The molecule has 0 radical (unpaired) electrons. The van der Waals surface area contributed by atoms with Crippen LogP contribution in [0.5, 0.6) is 5.75 Å². The molecule has 23 heavy (non-hydrogen) atoms. The van der Waals surface area contributed by atoms with E-state index in [-0.39, 0.29) is 0 Å². The summed E-state index contributed by atoms with van der Waals surface area (Å²) in [6.07, 6.45) is 0.112. The van der Waals surface area contributed by atoms with E-state index in [4.69, 9.17) is 14.2 Å². The van der Waals surface area contributed by atoms with Crippen molar-refractivity contribution in [3.05, 3.63) is 29.3 Å². The third kappa shape index (κ3) is 7.31. The molecular weight excluding hydrogens is 294 g/mol. The van der Waals surface area contributed by atoms with Gasteiger partial charge in [0.25, 0.3) is 0 Å². The fourth-order valence-electron chi connectivity index (χ4n) is 2.45. The molecule has 0 saturated carbocycles. The van der Waals surface area contributed by atoms with Gasteiger partial charge in [0, 0.05) is 39.4 Å². The van der Waals surface area contributed by atoms with E-state index in [0.717, 1.165) is 36.5 Å². The summed E-state index contributed by atoms with van der Waals surface area (Å²) in [4.78, 5) is 2.24. The van der Waals surface area contributed by atoms with Crippen molar-refractivity contribution < 1.29 is 19.3 Å². The molecule has 0 aliphatic rings. The van der Waals surface area contributed by atoms with Gasteiger partial charge in [0.15, 0.2) is 0 Å². The minimum atomic E-state index is -0.538. The first-order chi connectivity index (χ1) is 11.1. The van der Waals surface area contributed by atoms with Crippen molar-refractivity contribution in [1.82, 2.24) is 4.90 Å². The van der Waals surface area contributed by atoms with E-state index < -0.39 is 6.10 Å². The van der Waals surface area contributed by atoms with Crippen LogP contribution in [0.25, 0.3) is 0 Å². The van der Waals surface area contributed by atoms with E-state index in [1.165, 1.54) is 0 Å². The van der Waals surface area contributed by atoms with Crippen molar-refractivity contribution in [1.29, 1.82) is 0 Å². The van der Waals surface area contributed by atoms with E-state index >= 15 is 0 Å². The van der Waals surface area contributed by atoms with E-state index in [1.807, 2.05) is 32.0 Å². The summed E-state index contributed by atoms with van der Waals surface area (Å²) >= 11 is 0. The normalized spacial score (nSPS) is 12.6. The number of benzene rings is 1. The molecule has 0 heterocycles. The maximum absolute atomic E-state index is 10.6. The lowest BCUT2D eigenvalue weighted by atomic mass is 10.0. The Hall–Kier alpha value is -1.14. The number of nitrogens with zero attached hydrogens (tertiary/aromatic N) is 1. The first-order valence-electron chi connectivity index (χ1n) is 8.24. The molecule has 1 unspecified atom stereocenters. The van der Waals surface area contributed by atoms with Crippen LogP contribution in [0.3, 0.4) is 0 Å². The summed E-state index contributed by atoms with van der Waals surface area (Å²) in [5.74, 6) is 0.769. The van der Waals surface area contributed by atoms with Gasteiger partial charge >= 0.3 is 0 Å². The van der Waals surface area contributed by atoms with Crippen LogP contribution in [-0.4, -0.2) is 63.7 Å². The Bertz CT molecular complexity index is 431. The summed E-state index contributed by atoms with van der Waals surface area (Å²) in [7, 11) is 3.40. The zero-order chi connectivity index (χ0) is 17.1. The van der Waals surface area contributed by atoms with Gasteiger partial charge in [0.05, 0.1) is 25.9 Å². The number of hydrogen-bond acceptors (Lipinski definition) is 5. The Balaban J connectivity index is 2.65. The van der Waals surface area contributed by atoms with Crippen LogP contribution >= 0.6 is 0 Å². The van der Waals surface area contributed by atoms with Gasteiger partial charge < -0.3 is 19.3 Å². The third-order valence-electron chi connectivity index (χ3n) is 3.77. The van der Waals surface area contributed by atoms with Crippen molar-refractivity contribution in [2.75, 3.05) is 53.7 Å². The lowest BCUT2D eigenvalue weighted by molar-refractivity contribution is 0.0935. The van der Waals surface area contributed by atoms with Crippen molar-refractivity contribution in [2.24, 2.45) is 0 Å². The Kier molecular flexibility index (Phi) is 9.87. The molecule has 1 atom stereocenters. The molecule has 0 aliphatic carbocycles. The summed E-state index contributed by atoms with van der Waals surface area (Å²) < 4.78 is 15.9. The quantitative estimate of drug-likeness (QED) is 0.639. The summed E-state index contributed by atoms with van der Waals surface area (Å²) in [6.45, 7) is 8.37. The first-order valence-corrected chi connectivity index (χ1v) is 8.24. The average molecular weight is 325 g/mol. The Morgan fingerprint density at radius 3 is 2.30 bits per heavy atom. The predicted molar refractivity (Wildman–Crippen MR) is 92.1 cm³/mol. The van der Waals surface area contributed by atoms with E-state index in [1.54, 1.807) is 14.2 Å². The molecule has 0 amide bonds. The third-order valence-corrected chi connectivity index (χ3v) is 3.77. The van der Waals surface area contributed by atoms with E-state index in [2.05, 4.69) is 4.90 Å². The number of aryl methyl sites for hydroxylation is 1. The molecule has 1 N–H and O–H groups in total. The van der Waals surface area contributed by atoms with Gasteiger partial charge in [-0.05, 0) is 32.4 Å². The maximum Gasteiger partial charge on any atom is 0.125 e. The topological polar surface area (TPSA) is 51.2 Å². The fraction of sp³-hybridized carbons (Fsp3) is 0.667. The highest BCUT2D eigenvalue weighted by atomic mass is 16.5. The molecule has 5 nitrogen and oxygen atoms in total. The largest absolute Gasteiger partial charge is 0.493 e. The fourth-order valence-corrected chi connectivity index (χ4v) is 2.45. The summed E-state index contributed by atoms with van der Waals surface area (Å²) in [5.41, 5.74) is 1.99. The molecule has 0 aliphatic heterocycles. The smallest absolute Gasteiger partial charge is 0.125 e. The van der Waals surface area contributed by atoms with Gasteiger partial charge in [-0.1, -0.05) is 11.6 Å². The lowest BCUT2D eigenvalue weighted by Crippen LogP contribution is -2.32. The highest BCUT2D eigenvalue weighted by molar-refractivity contribution is 5.38. The number of hydrogen-bond donors (Lipinski definition) is 1. The predicted octanol–water partition coefficient (Wildman–Crippen LogP) is 2.41. The van der Waals surface area contributed by atoms with Gasteiger partial charge in [0.2, 0.25) is 0 Å².